The van der Waals surface area contributed by atoms with Gasteiger partial charge in [-0.3, -0.25) is 0 Å². The Morgan fingerprint density at radius 3 is 2.75 bits per heavy atom. The molecule has 16 heavy (non-hydrogen) atoms. The fourth-order valence-electron chi connectivity index (χ4n) is 3.78. The van der Waals surface area contributed by atoms with Gasteiger partial charge in [0.25, 0.3) is 0 Å². The van der Waals surface area contributed by atoms with Gasteiger partial charge in [0, 0.05) is 17.5 Å². The summed E-state index contributed by atoms with van der Waals surface area (Å²) in [6.45, 7) is 2.33. The van der Waals surface area contributed by atoms with Crippen molar-refractivity contribution in [1.82, 2.24) is 5.32 Å². The summed E-state index contributed by atoms with van der Waals surface area (Å²) in [7, 11) is 0. The minimum Gasteiger partial charge on any atom is -0.311 e. The highest BCUT2D eigenvalue weighted by Crippen LogP contribution is 2.47. The lowest BCUT2D eigenvalue weighted by molar-refractivity contribution is 0.222. The molecule has 3 unspecified atom stereocenters. The zero-order valence-corrected chi connectivity index (χ0v) is 10.1. The van der Waals surface area contributed by atoms with Gasteiger partial charge < -0.3 is 5.32 Å². The van der Waals surface area contributed by atoms with Crippen molar-refractivity contribution >= 4 is 0 Å². The molecular weight excluding hydrogens is 194 g/mol. The van der Waals surface area contributed by atoms with Gasteiger partial charge in [-0.1, -0.05) is 36.8 Å². The molecule has 2 aliphatic rings. The predicted molar refractivity (Wildman–Crippen MR) is 67.6 cm³/mol. The zero-order chi connectivity index (χ0) is 11.0. The van der Waals surface area contributed by atoms with Gasteiger partial charge in [-0.05, 0) is 38.2 Å². The number of hydrogen-bond acceptors (Lipinski definition) is 1. The van der Waals surface area contributed by atoms with E-state index in [-0.39, 0.29) is 0 Å². The predicted octanol–water partition coefficient (Wildman–Crippen LogP) is 3.25. The van der Waals surface area contributed by atoms with Crippen molar-refractivity contribution in [3.63, 3.8) is 0 Å². The smallest absolute Gasteiger partial charge is 0.0166 e. The third-order valence-electron chi connectivity index (χ3n) is 4.64. The molecule has 3 rings (SSSR count). The van der Waals surface area contributed by atoms with Gasteiger partial charge in [0.1, 0.15) is 0 Å². The quantitative estimate of drug-likeness (QED) is 0.758. The SMILES string of the molecule is CC1CCC2(c3ccccc3)CCCC2N1. The fraction of sp³-hybridized carbons (Fsp3) is 0.600. The average molecular weight is 215 g/mol. The Kier molecular flexibility index (Phi) is 2.51. The van der Waals surface area contributed by atoms with Crippen molar-refractivity contribution in [2.24, 2.45) is 0 Å². The van der Waals surface area contributed by atoms with E-state index in [1.807, 2.05) is 0 Å². The Labute approximate surface area is 98.3 Å². The fourth-order valence-corrected chi connectivity index (χ4v) is 3.78. The van der Waals surface area contributed by atoms with Crippen LogP contribution in [0.1, 0.15) is 44.6 Å². The van der Waals surface area contributed by atoms with Crippen LogP contribution in [0.2, 0.25) is 0 Å². The Hall–Kier alpha value is -0.820. The minimum absolute atomic E-state index is 0.452. The van der Waals surface area contributed by atoms with Crippen molar-refractivity contribution in [1.29, 1.82) is 0 Å². The third kappa shape index (κ3) is 1.49. The van der Waals surface area contributed by atoms with Crippen LogP contribution in [0, 0.1) is 0 Å². The van der Waals surface area contributed by atoms with Gasteiger partial charge in [-0.2, -0.15) is 0 Å². The first-order valence-corrected chi connectivity index (χ1v) is 6.63. The first-order chi connectivity index (χ1) is 7.81. The van der Waals surface area contributed by atoms with Crippen LogP contribution in [-0.4, -0.2) is 12.1 Å². The Balaban J connectivity index is 1.96. The van der Waals surface area contributed by atoms with E-state index < -0.39 is 0 Å². The summed E-state index contributed by atoms with van der Waals surface area (Å²) < 4.78 is 0. The van der Waals surface area contributed by atoms with Crippen molar-refractivity contribution in [3.05, 3.63) is 35.9 Å². The summed E-state index contributed by atoms with van der Waals surface area (Å²) in [5.74, 6) is 0. The summed E-state index contributed by atoms with van der Waals surface area (Å²) in [5.41, 5.74) is 2.02. The summed E-state index contributed by atoms with van der Waals surface area (Å²) >= 11 is 0. The molecule has 1 heterocycles. The van der Waals surface area contributed by atoms with Crippen LogP contribution >= 0.6 is 0 Å². The van der Waals surface area contributed by atoms with Crippen LogP contribution in [0.5, 0.6) is 0 Å². The summed E-state index contributed by atoms with van der Waals surface area (Å²) in [5, 5.41) is 3.82. The largest absolute Gasteiger partial charge is 0.311 e. The summed E-state index contributed by atoms with van der Waals surface area (Å²) in [6.07, 6.45) is 6.82. The van der Waals surface area contributed by atoms with Crippen molar-refractivity contribution in [2.75, 3.05) is 0 Å². The molecule has 3 atom stereocenters. The maximum Gasteiger partial charge on any atom is 0.0166 e. The van der Waals surface area contributed by atoms with E-state index in [1.165, 1.54) is 32.1 Å². The molecule has 0 aromatic heterocycles. The Bertz CT molecular complexity index is 359. The van der Waals surface area contributed by atoms with Crippen LogP contribution in [0.15, 0.2) is 30.3 Å². The first-order valence-electron chi connectivity index (χ1n) is 6.63. The molecule has 86 valence electrons. The lowest BCUT2D eigenvalue weighted by Gasteiger charge is -2.43. The number of rotatable bonds is 1. The monoisotopic (exact) mass is 215 g/mol. The van der Waals surface area contributed by atoms with E-state index >= 15 is 0 Å². The molecule has 0 bridgehead atoms. The maximum absolute atomic E-state index is 3.82. The summed E-state index contributed by atoms with van der Waals surface area (Å²) in [4.78, 5) is 0. The van der Waals surface area contributed by atoms with E-state index in [9.17, 15) is 0 Å². The lowest BCUT2D eigenvalue weighted by atomic mass is 9.69. The van der Waals surface area contributed by atoms with Gasteiger partial charge in [-0.15, -0.1) is 0 Å². The van der Waals surface area contributed by atoms with E-state index in [2.05, 4.69) is 42.6 Å². The van der Waals surface area contributed by atoms with Crippen molar-refractivity contribution in [3.8, 4) is 0 Å². The van der Waals surface area contributed by atoms with Crippen LogP contribution in [0.3, 0.4) is 0 Å². The molecular formula is C15H21N. The molecule has 1 heteroatoms. The van der Waals surface area contributed by atoms with Gasteiger partial charge in [-0.25, -0.2) is 0 Å². The first kappa shape index (κ1) is 10.3. The van der Waals surface area contributed by atoms with Gasteiger partial charge >= 0.3 is 0 Å². The Morgan fingerprint density at radius 1 is 1.12 bits per heavy atom. The van der Waals surface area contributed by atoms with E-state index in [4.69, 9.17) is 0 Å². The second-order valence-corrected chi connectivity index (χ2v) is 5.57. The number of piperidine rings is 1. The van der Waals surface area contributed by atoms with Crippen molar-refractivity contribution in [2.45, 2.75) is 56.5 Å². The Morgan fingerprint density at radius 2 is 1.94 bits per heavy atom. The van der Waals surface area contributed by atoms with E-state index in [0.717, 1.165) is 6.04 Å². The number of nitrogens with one attached hydrogen (secondary N) is 1. The highest BCUT2D eigenvalue weighted by Gasteiger charge is 2.46. The van der Waals surface area contributed by atoms with Gasteiger partial charge in [0.2, 0.25) is 0 Å². The molecule has 2 fully saturated rings. The second-order valence-electron chi connectivity index (χ2n) is 5.57. The molecule has 1 nitrogen and oxygen atoms in total. The molecule has 1 aliphatic heterocycles. The van der Waals surface area contributed by atoms with Crippen LogP contribution in [0.25, 0.3) is 0 Å². The molecule has 1 saturated heterocycles. The summed E-state index contributed by atoms with van der Waals surface area (Å²) in [6, 6.07) is 12.6. The molecule has 1 N–H and O–H groups in total. The molecule has 0 amide bonds. The number of hydrogen-bond donors (Lipinski definition) is 1. The van der Waals surface area contributed by atoms with Gasteiger partial charge in [0.05, 0.1) is 0 Å². The van der Waals surface area contributed by atoms with Crippen LogP contribution < -0.4 is 5.32 Å². The van der Waals surface area contributed by atoms with E-state index in [1.54, 1.807) is 5.56 Å². The molecule has 0 radical (unpaired) electrons. The van der Waals surface area contributed by atoms with Crippen molar-refractivity contribution < 1.29 is 0 Å². The van der Waals surface area contributed by atoms with Gasteiger partial charge in [0.15, 0.2) is 0 Å². The topological polar surface area (TPSA) is 12.0 Å². The molecule has 1 aliphatic carbocycles. The number of benzene rings is 1. The third-order valence-corrected chi connectivity index (χ3v) is 4.64. The number of fused-ring (bicyclic) bond motifs is 1. The standard InChI is InChI=1S/C15H21N/c1-12-9-11-15(10-5-8-14(15)16-12)13-6-3-2-4-7-13/h2-4,6-7,12,14,16H,5,8-11H2,1H3. The van der Waals surface area contributed by atoms with Crippen LogP contribution in [-0.2, 0) is 5.41 Å². The molecule has 1 saturated carbocycles. The maximum atomic E-state index is 3.82. The molecule has 1 aromatic carbocycles. The van der Waals surface area contributed by atoms with E-state index in [0.29, 0.717) is 11.5 Å². The second kappa shape index (κ2) is 3.89. The van der Waals surface area contributed by atoms with Crippen LogP contribution in [0.4, 0.5) is 0 Å². The minimum atomic E-state index is 0.452. The molecule has 1 aromatic rings. The molecule has 0 spiro atoms. The highest BCUT2D eigenvalue weighted by atomic mass is 15.0. The normalized spacial score (nSPS) is 38.3. The lowest BCUT2D eigenvalue weighted by Crippen LogP contribution is -2.52. The highest BCUT2D eigenvalue weighted by molar-refractivity contribution is 5.30. The zero-order valence-electron chi connectivity index (χ0n) is 10.1. The average Bonchev–Trinajstić information content (AvgIpc) is 2.74.